The van der Waals surface area contributed by atoms with Crippen molar-refractivity contribution in [1.29, 1.82) is 0 Å². The third kappa shape index (κ3) is 4.11. The second-order valence-corrected chi connectivity index (χ2v) is 9.24. The Morgan fingerprint density at radius 3 is 2.37 bits per heavy atom. The van der Waals surface area contributed by atoms with Crippen molar-refractivity contribution in [3.63, 3.8) is 0 Å². The van der Waals surface area contributed by atoms with Crippen LogP contribution in [0.3, 0.4) is 0 Å². The molecule has 3 aromatic carbocycles. The normalized spacial score (nSPS) is 12.1. The summed E-state index contributed by atoms with van der Waals surface area (Å²) >= 11 is 4.69. The average Bonchev–Trinajstić information content (AvgIpc) is 2.75. The number of hydrogen-bond acceptors (Lipinski definition) is 4. The van der Waals surface area contributed by atoms with Crippen molar-refractivity contribution < 1.29 is 4.79 Å². The number of ketones is 1. The zero-order chi connectivity index (χ0) is 21.3. The molecule has 0 spiro atoms. The average molecular weight is 479 g/mol. The first-order valence-electron chi connectivity index (χ1n) is 9.49. The number of para-hydroxylation sites is 1. The molecular weight excluding hydrogens is 460 g/mol. The standard InChI is InChI=1S/C24H19BrN2O2S/c1-15-7-13-19(14-8-15)27-23(29)20-5-3-4-6-21(20)26-24(27)30-16(2)22(28)17-9-11-18(25)12-10-17/h3-14,16H,1-2H3/t16-/m1/s1. The van der Waals surface area contributed by atoms with Crippen molar-refractivity contribution in [2.75, 3.05) is 0 Å². The summed E-state index contributed by atoms with van der Waals surface area (Å²) in [4.78, 5) is 31.0. The van der Waals surface area contributed by atoms with E-state index in [-0.39, 0.29) is 11.3 Å². The van der Waals surface area contributed by atoms with Crippen LogP contribution in [-0.4, -0.2) is 20.6 Å². The number of benzene rings is 3. The minimum Gasteiger partial charge on any atom is -0.293 e. The van der Waals surface area contributed by atoms with Crippen molar-refractivity contribution >= 4 is 44.4 Å². The fourth-order valence-electron chi connectivity index (χ4n) is 3.17. The Balaban J connectivity index is 1.79. The molecule has 0 saturated heterocycles. The lowest BCUT2D eigenvalue weighted by Gasteiger charge is -2.16. The van der Waals surface area contributed by atoms with E-state index in [2.05, 4.69) is 15.9 Å². The highest BCUT2D eigenvalue weighted by molar-refractivity contribution is 9.10. The summed E-state index contributed by atoms with van der Waals surface area (Å²) in [5, 5.41) is 0.644. The third-order valence-electron chi connectivity index (χ3n) is 4.82. The predicted octanol–water partition coefficient (Wildman–Crippen LogP) is 5.82. The van der Waals surface area contributed by atoms with E-state index in [1.165, 1.54) is 11.8 Å². The van der Waals surface area contributed by atoms with Crippen LogP contribution in [-0.2, 0) is 0 Å². The smallest absolute Gasteiger partial charge is 0.266 e. The van der Waals surface area contributed by atoms with Gasteiger partial charge in [-0.25, -0.2) is 4.98 Å². The van der Waals surface area contributed by atoms with Crippen LogP contribution < -0.4 is 5.56 Å². The molecule has 0 saturated carbocycles. The van der Waals surface area contributed by atoms with Gasteiger partial charge in [0.2, 0.25) is 0 Å². The lowest BCUT2D eigenvalue weighted by Crippen LogP contribution is -2.23. The van der Waals surface area contributed by atoms with Crippen LogP contribution >= 0.6 is 27.7 Å². The number of carbonyl (C=O) groups excluding carboxylic acids is 1. The molecule has 0 aliphatic heterocycles. The van der Waals surface area contributed by atoms with Crippen molar-refractivity contribution in [2.45, 2.75) is 24.3 Å². The van der Waals surface area contributed by atoms with Gasteiger partial charge in [-0.05, 0) is 50.2 Å². The summed E-state index contributed by atoms with van der Waals surface area (Å²) in [6.45, 7) is 3.84. The fraction of sp³-hybridized carbons (Fsp3) is 0.125. The van der Waals surface area contributed by atoms with E-state index >= 15 is 0 Å². The number of thioether (sulfide) groups is 1. The predicted molar refractivity (Wildman–Crippen MR) is 126 cm³/mol. The van der Waals surface area contributed by atoms with Crippen LogP contribution in [0.15, 0.2) is 87.2 Å². The first-order valence-corrected chi connectivity index (χ1v) is 11.2. The molecule has 0 aliphatic rings. The van der Waals surface area contributed by atoms with Gasteiger partial charge >= 0.3 is 0 Å². The van der Waals surface area contributed by atoms with E-state index in [0.717, 1.165) is 15.7 Å². The number of aromatic nitrogens is 2. The highest BCUT2D eigenvalue weighted by Gasteiger charge is 2.21. The first-order chi connectivity index (χ1) is 14.4. The molecule has 0 radical (unpaired) electrons. The van der Waals surface area contributed by atoms with Crippen molar-refractivity contribution in [2.24, 2.45) is 0 Å². The monoisotopic (exact) mass is 478 g/mol. The summed E-state index contributed by atoms with van der Waals surface area (Å²) in [7, 11) is 0. The lowest BCUT2D eigenvalue weighted by molar-refractivity contribution is 0.0994. The van der Waals surface area contributed by atoms with Gasteiger partial charge in [0.25, 0.3) is 5.56 Å². The molecule has 0 amide bonds. The van der Waals surface area contributed by atoms with E-state index in [4.69, 9.17) is 4.98 Å². The molecule has 0 unspecified atom stereocenters. The van der Waals surface area contributed by atoms with Crippen LogP contribution in [0.25, 0.3) is 16.6 Å². The van der Waals surface area contributed by atoms with Gasteiger partial charge in [0.05, 0.1) is 21.8 Å². The summed E-state index contributed by atoms with van der Waals surface area (Å²) < 4.78 is 2.52. The fourth-order valence-corrected chi connectivity index (χ4v) is 4.44. The molecule has 0 fully saturated rings. The molecule has 4 rings (SSSR count). The molecule has 1 atom stereocenters. The van der Waals surface area contributed by atoms with Gasteiger partial charge in [-0.3, -0.25) is 14.2 Å². The van der Waals surface area contributed by atoms with Gasteiger partial charge in [0.15, 0.2) is 10.9 Å². The molecular formula is C24H19BrN2O2S. The highest BCUT2D eigenvalue weighted by Crippen LogP contribution is 2.27. The number of fused-ring (bicyclic) bond motifs is 1. The van der Waals surface area contributed by atoms with E-state index in [1.807, 2.05) is 68.4 Å². The van der Waals surface area contributed by atoms with Gasteiger partial charge in [-0.15, -0.1) is 0 Å². The first kappa shape index (κ1) is 20.6. The summed E-state index contributed by atoms with van der Waals surface area (Å²) in [6.07, 6.45) is 0. The topological polar surface area (TPSA) is 52.0 Å². The molecule has 0 aliphatic carbocycles. The SMILES string of the molecule is Cc1ccc(-n2c(S[C@H](C)C(=O)c3ccc(Br)cc3)nc3ccccc3c2=O)cc1. The van der Waals surface area contributed by atoms with Crippen LogP contribution in [0.5, 0.6) is 0 Å². The van der Waals surface area contributed by atoms with Crippen molar-refractivity contribution in [1.82, 2.24) is 9.55 Å². The Morgan fingerprint density at radius 2 is 1.67 bits per heavy atom. The Labute approximate surface area is 187 Å². The molecule has 6 heteroatoms. The zero-order valence-electron chi connectivity index (χ0n) is 16.5. The van der Waals surface area contributed by atoms with Crippen LogP contribution in [0.2, 0.25) is 0 Å². The van der Waals surface area contributed by atoms with Gasteiger partial charge < -0.3 is 0 Å². The van der Waals surface area contributed by atoms with Crippen LogP contribution in [0.1, 0.15) is 22.8 Å². The van der Waals surface area contributed by atoms with E-state index < -0.39 is 5.25 Å². The van der Waals surface area contributed by atoms with E-state index in [0.29, 0.717) is 21.6 Å². The van der Waals surface area contributed by atoms with Crippen LogP contribution in [0, 0.1) is 6.92 Å². The maximum absolute atomic E-state index is 13.3. The second kappa shape index (κ2) is 8.58. The highest BCUT2D eigenvalue weighted by atomic mass is 79.9. The molecule has 1 aromatic heterocycles. The van der Waals surface area contributed by atoms with Gasteiger partial charge in [-0.1, -0.05) is 69.7 Å². The minimum absolute atomic E-state index is 0.00892. The summed E-state index contributed by atoms with van der Waals surface area (Å²) in [5.74, 6) is -0.00892. The molecule has 4 nitrogen and oxygen atoms in total. The molecule has 150 valence electrons. The van der Waals surface area contributed by atoms with E-state index in [1.54, 1.807) is 22.8 Å². The van der Waals surface area contributed by atoms with E-state index in [9.17, 15) is 9.59 Å². The van der Waals surface area contributed by atoms with Crippen LogP contribution in [0.4, 0.5) is 0 Å². The molecule has 1 heterocycles. The number of aryl methyl sites for hydroxylation is 1. The maximum atomic E-state index is 13.3. The van der Waals surface area contributed by atoms with Crippen molar-refractivity contribution in [3.05, 3.63) is 98.7 Å². The number of Topliss-reactive ketones (excluding diaryl/α,β-unsaturated/α-hetero) is 1. The lowest BCUT2D eigenvalue weighted by atomic mass is 10.1. The summed E-state index contributed by atoms with van der Waals surface area (Å²) in [6, 6.07) is 22.3. The number of nitrogens with zero attached hydrogens (tertiary/aromatic N) is 2. The third-order valence-corrected chi connectivity index (χ3v) is 6.40. The molecule has 4 aromatic rings. The Bertz CT molecular complexity index is 1280. The number of halogens is 1. The number of rotatable bonds is 5. The maximum Gasteiger partial charge on any atom is 0.266 e. The van der Waals surface area contributed by atoms with Crippen molar-refractivity contribution in [3.8, 4) is 5.69 Å². The number of hydrogen-bond donors (Lipinski definition) is 0. The number of carbonyl (C=O) groups is 1. The molecule has 0 N–H and O–H groups in total. The molecule has 30 heavy (non-hydrogen) atoms. The van der Waals surface area contributed by atoms with Gasteiger partial charge in [-0.2, -0.15) is 0 Å². The van der Waals surface area contributed by atoms with Gasteiger partial charge in [0, 0.05) is 10.0 Å². The zero-order valence-corrected chi connectivity index (χ0v) is 18.9. The quantitative estimate of drug-likeness (QED) is 0.206. The van der Waals surface area contributed by atoms with Gasteiger partial charge in [0.1, 0.15) is 0 Å². The second-order valence-electron chi connectivity index (χ2n) is 7.02. The summed E-state index contributed by atoms with van der Waals surface area (Å²) in [5.41, 5.74) is 2.94. The Morgan fingerprint density at radius 1 is 1.00 bits per heavy atom. The Kier molecular flexibility index (Phi) is 5.88. The largest absolute Gasteiger partial charge is 0.293 e. The minimum atomic E-state index is -0.407. The molecule has 0 bridgehead atoms. The Hall–Kier alpha value is -2.70.